The SMILES string of the molecule is COC(=O)C(NCCc1ccc(O)cc1)c1ccccc1. The quantitative estimate of drug-likeness (QED) is 0.800. The van der Waals surface area contributed by atoms with Crippen molar-refractivity contribution in [3.8, 4) is 5.75 Å². The number of phenols is 1. The van der Waals surface area contributed by atoms with Crippen LogP contribution < -0.4 is 5.32 Å². The van der Waals surface area contributed by atoms with E-state index in [0.29, 0.717) is 6.54 Å². The van der Waals surface area contributed by atoms with Gasteiger partial charge in [0, 0.05) is 6.54 Å². The average molecular weight is 285 g/mol. The van der Waals surface area contributed by atoms with Crippen molar-refractivity contribution in [2.75, 3.05) is 13.7 Å². The van der Waals surface area contributed by atoms with E-state index in [0.717, 1.165) is 17.5 Å². The van der Waals surface area contributed by atoms with Gasteiger partial charge in [-0.3, -0.25) is 0 Å². The fraction of sp³-hybridized carbons (Fsp3) is 0.235. The van der Waals surface area contributed by atoms with Crippen molar-refractivity contribution < 1.29 is 14.6 Å². The number of carbonyl (C=O) groups is 1. The summed E-state index contributed by atoms with van der Waals surface area (Å²) in [4.78, 5) is 11.9. The van der Waals surface area contributed by atoms with Crippen molar-refractivity contribution >= 4 is 5.97 Å². The van der Waals surface area contributed by atoms with Crippen LogP contribution in [-0.2, 0) is 16.0 Å². The number of hydrogen-bond acceptors (Lipinski definition) is 4. The molecule has 4 nitrogen and oxygen atoms in total. The number of ether oxygens (including phenoxy) is 1. The zero-order valence-electron chi connectivity index (χ0n) is 12.0. The molecular formula is C17H19NO3. The lowest BCUT2D eigenvalue weighted by atomic mass is 10.1. The monoisotopic (exact) mass is 285 g/mol. The molecule has 0 aliphatic heterocycles. The summed E-state index contributed by atoms with van der Waals surface area (Å²) in [5.41, 5.74) is 1.98. The topological polar surface area (TPSA) is 58.6 Å². The van der Waals surface area contributed by atoms with Crippen molar-refractivity contribution in [1.82, 2.24) is 5.32 Å². The van der Waals surface area contributed by atoms with E-state index in [-0.39, 0.29) is 11.7 Å². The molecule has 2 N–H and O–H groups in total. The molecule has 0 heterocycles. The van der Waals surface area contributed by atoms with Gasteiger partial charge in [-0.2, -0.15) is 0 Å². The number of aromatic hydroxyl groups is 1. The van der Waals surface area contributed by atoms with Gasteiger partial charge in [0.05, 0.1) is 7.11 Å². The largest absolute Gasteiger partial charge is 0.508 e. The Balaban J connectivity index is 1.96. The Hall–Kier alpha value is -2.33. The second kappa shape index (κ2) is 7.45. The summed E-state index contributed by atoms with van der Waals surface area (Å²) in [6.07, 6.45) is 0.764. The van der Waals surface area contributed by atoms with Crippen LogP contribution in [0.25, 0.3) is 0 Å². The molecule has 1 atom stereocenters. The maximum absolute atomic E-state index is 11.9. The van der Waals surface area contributed by atoms with Crippen molar-refractivity contribution in [1.29, 1.82) is 0 Å². The number of esters is 1. The number of rotatable bonds is 6. The molecule has 0 saturated carbocycles. The van der Waals surface area contributed by atoms with E-state index in [9.17, 15) is 9.90 Å². The van der Waals surface area contributed by atoms with E-state index in [2.05, 4.69) is 5.32 Å². The Morgan fingerprint density at radius 1 is 1.14 bits per heavy atom. The highest BCUT2D eigenvalue weighted by Crippen LogP contribution is 2.15. The van der Waals surface area contributed by atoms with Gasteiger partial charge in [0.2, 0.25) is 0 Å². The van der Waals surface area contributed by atoms with E-state index < -0.39 is 6.04 Å². The van der Waals surface area contributed by atoms with Crippen LogP contribution in [-0.4, -0.2) is 24.7 Å². The van der Waals surface area contributed by atoms with Gasteiger partial charge in [0.15, 0.2) is 0 Å². The van der Waals surface area contributed by atoms with Crippen molar-refractivity contribution in [2.45, 2.75) is 12.5 Å². The first-order valence-electron chi connectivity index (χ1n) is 6.85. The highest BCUT2D eigenvalue weighted by atomic mass is 16.5. The maximum Gasteiger partial charge on any atom is 0.327 e. The van der Waals surface area contributed by atoms with Gasteiger partial charge in [-0.1, -0.05) is 42.5 Å². The third-order valence-corrected chi connectivity index (χ3v) is 3.27. The zero-order chi connectivity index (χ0) is 15.1. The minimum absolute atomic E-state index is 0.253. The third-order valence-electron chi connectivity index (χ3n) is 3.27. The standard InChI is InChI=1S/C17H19NO3/c1-21-17(20)16(14-5-3-2-4-6-14)18-12-11-13-7-9-15(19)10-8-13/h2-10,16,18-19H,11-12H2,1H3. The van der Waals surface area contributed by atoms with Gasteiger partial charge in [0.25, 0.3) is 0 Å². The van der Waals surface area contributed by atoms with Gasteiger partial charge < -0.3 is 15.2 Å². The number of phenolic OH excluding ortho intramolecular Hbond substituents is 1. The van der Waals surface area contributed by atoms with E-state index in [4.69, 9.17) is 4.74 Å². The normalized spacial score (nSPS) is 11.9. The average Bonchev–Trinajstić information content (AvgIpc) is 2.53. The first kappa shape index (κ1) is 15.1. The van der Waals surface area contributed by atoms with Crippen LogP contribution in [0.15, 0.2) is 54.6 Å². The molecule has 0 saturated heterocycles. The number of benzene rings is 2. The van der Waals surface area contributed by atoms with E-state index in [1.165, 1.54) is 7.11 Å². The summed E-state index contributed by atoms with van der Waals surface area (Å²) in [7, 11) is 1.39. The molecule has 0 bridgehead atoms. The fourth-order valence-electron chi connectivity index (χ4n) is 2.12. The van der Waals surface area contributed by atoms with Crippen molar-refractivity contribution in [2.24, 2.45) is 0 Å². The molecule has 2 aromatic rings. The van der Waals surface area contributed by atoms with E-state index in [1.54, 1.807) is 12.1 Å². The van der Waals surface area contributed by atoms with Crippen LogP contribution in [0.5, 0.6) is 5.75 Å². The lowest BCUT2D eigenvalue weighted by molar-refractivity contribution is -0.143. The predicted octanol–water partition coefficient (Wildman–Crippen LogP) is 2.44. The van der Waals surface area contributed by atoms with E-state index in [1.807, 2.05) is 42.5 Å². The van der Waals surface area contributed by atoms with Gasteiger partial charge in [0.1, 0.15) is 11.8 Å². The molecule has 0 spiro atoms. The maximum atomic E-state index is 11.9. The predicted molar refractivity (Wildman–Crippen MR) is 81.0 cm³/mol. The van der Waals surface area contributed by atoms with Crippen LogP contribution in [0.2, 0.25) is 0 Å². The molecule has 0 aliphatic carbocycles. The first-order chi connectivity index (χ1) is 10.2. The van der Waals surface area contributed by atoms with Gasteiger partial charge in [-0.15, -0.1) is 0 Å². The summed E-state index contributed by atoms with van der Waals surface area (Å²) in [6, 6.07) is 16.1. The molecular weight excluding hydrogens is 266 g/mol. The second-order valence-corrected chi connectivity index (χ2v) is 4.74. The molecule has 2 aromatic carbocycles. The Morgan fingerprint density at radius 2 is 1.81 bits per heavy atom. The summed E-state index contributed by atoms with van der Waals surface area (Å²) in [6.45, 7) is 0.638. The Bertz CT molecular complexity index is 566. The van der Waals surface area contributed by atoms with Crippen LogP contribution >= 0.6 is 0 Å². The fourth-order valence-corrected chi connectivity index (χ4v) is 2.12. The van der Waals surface area contributed by atoms with Gasteiger partial charge in [-0.05, 0) is 29.7 Å². The highest BCUT2D eigenvalue weighted by Gasteiger charge is 2.20. The first-order valence-corrected chi connectivity index (χ1v) is 6.85. The number of methoxy groups -OCH3 is 1. The Morgan fingerprint density at radius 3 is 2.43 bits per heavy atom. The Kier molecular flexibility index (Phi) is 5.35. The molecule has 0 radical (unpaired) electrons. The molecule has 110 valence electrons. The summed E-state index contributed by atoms with van der Waals surface area (Å²) >= 11 is 0. The van der Waals surface area contributed by atoms with Crippen LogP contribution in [0.3, 0.4) is 0 Å². The smallest absolute Gasteiger partial charge is 0.327 e. The third kappa shape index (κ3) is 4.33. The van der Waals surface area contributed by atoms with E-state index >= 15 is 0 Å². The van der Waals surface area contributed by atoms with Crippen LogP contribution in [0.4, 0.5) is 0 Å². The molecule has 0 aliphatic rings. The molecule has 4 heteroatoms. The summed E-state index contributed by atoms with van der Waals surface area (Å²) in [5.74, 6) is -0.0460. The van der Waals surface area contributed by atoms with Crippen molar-refractivity contribution in [3.05, 3.63) is 65.7 Å². The van der Waals surface area contributed by atoms with Crippen LogP contribution in [0, 0.1) is 0 Å². The van der Waals surface area contributed by atoms with Gasteiger partial charge >= 0.3 is 5.97 Å². The number of nitrogens with one attached hydrogen (secondary N) is 1. The minimum Gasteiger partial charge on any atom is -0.508 e. The van der Waals surface area contributed by atoms with Crippen LogP contribution in [0.1, 0.15) is 17.2 Å². The summed E-state index contributed by atoms with van der Waals surface area (Å²) < 4.78 is 4.85. The minimum atomic E-state index is -0.465. The summed E-state index contributed by atoms with van der Waals surface area (Å²) in [5, 5.41) is 12.5. The molecule has 21 heavy (non-hydrogen) atoms. The molecule has 2 rings (SSSR count). The highest BCUT2D eigenvalue weighted by molar-refractivity contribution is 5.77. The number of hydrogen-bond donors (Lipinski definition) is 2. The zero-order valence-corrected chi connectivity index (χ0v) is 12.0. The lowest BCUT2D eigenvalue weighted by Gasteiger charge is -2.16. The molecule has 1 unspecified atom stereocenters. The molecule has 0 aromatic heterocycles. The lowest BCUT2D eigenvalue weighted by Crippen LogP contribution is -2.31. The second-order valence-electron chi connectivity index (χ2n) is 4.74. The van der Waals surface area contributed by atoms with Gasteiger partial charge in [-0.25, -0.2) is 4.79 Å². The molecule has 0 amide bonds. The molecule has 0 fully saturated rings. The van der Waals surface area contributed by atoms with Crippen molar-refractivity contribution in [3.63, 3.8) is 0 Å². The number of carbonyl (C=O) groups excluding carboxylic acids is 1. The Labute approximate surface area is 124 Å².